The van der Waals surface area contributed by atoms with E-state index in [4.69, 9.17) is 9.15 Å². The molecule has 0 fully saturated rings. The Morgan fingerprint density at radius 3 is 2.54 bits per heavy atom. The lowest BCUT2D eigenvalue weighted by Gasteiger charge is -2.26. The van der Waals surface area contributed by atoms with Gasteiger partial charge in [0.1, 0.15) is 5.75 Å². The van der Waals surface area contributed by atoms with Crippen molar-refractivity contribution in [2.24, 2.45) is 0 Å². The van der Waals surface area contributed by atoms with Crippen LogP contribution in [0.25, 0.3) is 0 Å². The van der Waals surface area contributed by atoms with Crippen molar-refractivity contribution in [2.75, 3.05) is 13.2 Å². The third-order valence-corrected chi connectivity index (χ3v) is 4.80. The third-order valence-electron chi connectivity index (χ3n) is 4.80. The lowest BCUT2D eigenvalue weighted by molar-refractivity contribution is -0.129. The molecule has 1 unspecified atom stereocenters. The molecule has 1 atom stereocenters. The number of aliphatic hydroxyl groups excluding tert-OH is 1. The Morgan fingerprint density at radius 2 is 1.93 bits per heavy atom. The quantitative estimate of drug-likeness (QED) is 0.511. The summed E-state index contributed by atoms with van der Waals surface area (Å²) >= 11 is 0. The predicted molar refractivity (Wildman–Crippen MR) is 104 cm³/mol. The number of Topliss-reactive ketones (excluding diaryl/α,β-unsaturated/α-hetero) is 1. The van der Waals surface area contributed by atoms with Crippen molar-refractivity contribution in [1.82, 2.24) is 4.90 Å². The highest BCUT2D eigenvalue weighted by atomic mass is 16.5. The van der Waals surface area contributed by atoms with Crippen LogP contribution < -0.4 is 4.74 Å². The van der Waals surface area contributed by atoms with E-state index in [-0.39, 0.29) is 11.3 Å². The smallest absolute Gasteiger partial charge is 0.290 e. The summed E-state index contributed by atoms with van der Waals surface area (Å²) in [6.07, 6.45) is 4.16. The van der Waals surface area contributed by atoms with E-state index in [1.807, 2.05) is 19.1 Å². The Morgan fingerprint density at radius 1 is 1.18 bits per heavy atom. The largest absolute Gasteiger partial charge is 0.503 e. The van der Waals surface area contributed by atoms with Gasteiger partial charge in [0.15, 0.2) is 11.5 Å². The number of carbonyl (C=O) groups is 2. The van der Waals surface area contributed by atoms with Crippen LogP contribution in [0, 0.1) is 0 Å². The number of ketones is 1. The van der Waals surface area contributed by atoms with Crippen molar-refractivity contribution in [2.45, 2.75) is 39.2 Å². The van der Waals surface area contributed by atoms with E-state index < -0.39 is 23.5 Å². The second kappa shape index (κ2) is 8.78. The molecule has 1 aliphatic heterocycles. The number of hydrogen-bond donors (Lipinski definition) is 1. The van der Waals surface area contributed by atoms with E-state index in [9.17, 15) is 14.7 Å². The topological polar surface area (TPSA) is 80.0 Å². The number of aliphatic hydroxyl groups is 1. The molecule has 1 amide bonds. The van der Waals surface area contributed by atoms with Crippen LogP contribution in [0.15, 0.2) is 58.4 Å². The van der Waals surface area contributed by atoms with Crippen LogP contribution in [0.1, 0.15) is 55.3 Å². The van der Waals surface area contributed by atoms with Crippen molar-refractivity contribution in [3.05, 3.63) is 65.3 Å². The average Bonchev–Trinajstić information content (AvgIpc) is 3.32. The van der Waals surface area contributed by atoms with Gasteiger partial charge in [-0.25, -0.2) is 0 Å². The van der Waals surface area contributed by atoms with Gasteiger partial charge in [-0.15, -0.1) is 0 Å². The van der Waals surface area contributed by atoms with Gasteiger partial charge in [0.2, 0.25) is 5.78 Å². The summed E-state index contributed by atoms with van der Waals surface area (Å²) in [6, 6.07) is 9.73. The van der Waals surface area contributed by atoms with E-state index in [0.717, 1.165) is 24.8 Å². The normalized spacial score (nSPS) is 16.7. The summed E-state index contributed by atoms with van der Waals surface area (Å²) in [5, 5.41) is 10.5. The molecule has 2 heterocycles. The lowest BCUT2D eigenvalue weighted by Crippen LogP contribution is -2.32. The van der Waals surface area contributed by atoms with E-state index in [0.29, 0.717) is 18.9 Å². The number of furan rings is 1. The molecule has 6 heteroatoms. The molecule has 0 aliphatic carbocycles. The van der Waals surface area contributed by atoms with Crippen molar-refractivity contribution < 1.29 is 23.8 Å². The highest BCUT2D eigenvalue weighted by Gasteiger charge is 2.44. The number of hydrogen-bond acceptors (Lipinski definition) is 5. The van der Waals surface area contributed by atoms with Crippen molar-refractivity contribution >= 4 is 11.7 Å². The van der Waals surface area contributed by atoms with Crippen LogP contribution in [0.3, 0.4) is 0 Å². The number of carbonyl (C=O) groups excluding carboxylic acids is 2. The molecular weight excluding hydrogens is 358 g/mol. The molecule has 0 saturated heterocycles. The monoisotopic (exact) mass is 383 g/mol. The van der Waals surface area contributed by atoms with Gasteiger partial charge in [-0.2, -0.15) is 0 Å². The molecule has 2 aromatic rings. The second-order valence-electron chi connectivity index (χ2n) is 6.68. The maximum atomic E-state index is 13.0. The minimum atomic E-state index is -0.655. The van der Waals surface area contributed by atoms with Crippen molar-refractivity contribution in [1.29, 1.82) is 0 Å². The van der Waals surface area contributed by atoms with Gasteiger partial charge in [-0.1, -0.05) is 31.9 Å². The summed E-state index contributed by atoms with van der Waals surface area (Å²) in [6.45, 7) is 4.99. The SMILES string of the molecule is CCCCCN1C(=O)C(O)=C(C(=O)c2ccco2)C1c1ccc(OCC)cc1. The molecule has 148 valence electrons. The molecule has 0 saturated carbocycles. The highest BCUT2D eigenvalue weighted by Crippen LogP contribution is 2.39. The molecule has 1 N–H and O–H groups in total. The number of benzene rings is 1. The standard InChI is InChI=1S/C22H25NO5/c1-3-5-6-13-23-19(15-9-11-16(12-10-15)27-4-2)18(21(25)22(23)26)20(24)17-8-7-14-28-17/h7-12,14,19,25H,3-6,13H2,1-2H3. The Balaban J connectivity index is 1.99. The maximum absolute atomic E-state index is 13.0. The molecule has 1 aromatic carbocycles. The van der Waals surface area contributed by atoms with Crippen LogP contribution in [-0.2, 0) is 4.79 Å². The van der Waals surface area contributed by atoms with Crippen LogP contribution in [0.2, 0.25) is 0 Å². The molecule has 1 aromatic heterocycles. The number of ether oxygens (including phenoxy) is 1. The fourth-order valence-corrected chi connectivity index (χ4v) is 3.45. The number of rotatable bonds is 9. The first-order chi connectivity index (χ1) is 13.6. The third kappa shape index (κ3) is 3.81. The average molecular weight is 383 g/mol. The van der Waals surface area contributed by atoms with Crippen LogP contribution in [-0.4, -0.2) is 34.8 Å². The number of amides is 1. The first-order valence-corrected chi connectivity index (χ1v) is 9.63. The zero-order valence-corrected chi connectivity index (χ0v) is 16.2. The second-order valence-corrected chi connectivity index (χ2v) is 6.68. The fraction of sp³-hybridized carbons (Fsp3) is 0.364. The summed E-state index contributed by atoms with van der Waals surface area (Å²) in [4.78, 5) is 27.3. The van der Waals surface area contributed by atoms with Crippen LogP contribution in [0.5, 0.6) is 5.75 Å². The van der Waals surface area contributed by atoms with E-state index >= 15 is 0 Å². The molecule has 3 rings (SSSR count). The predicted octanol–water partition coefficient (Wildman–Crippen LogP) is 4.45. The molecular formula is C22H25NO5. The van der Waals surface area contributed by atoms with Crippen LogP contribution >= 0.6 is 0 Å². The molecule has 1 aliphatic rings. The van der Waals surface area contributed by atoms with Crippen molar-refractivity contribution in [3.63, 3.8) is 0 Å². The van der Waals surface area contributed by atoms with Gasteiger partial charge >= 0.3 is 0 Å². The first-order valence-electron chi connectivity index (χ1n) is 9.63. The molecule has 6 nitrogen and oxygen atoms in total. The van der Waals surface area contributed by atoms with Gasteiger partial charge in [0.05, 0.1) is 24.5 Å². The Hall–Kier alpha value is -3.02. The Kier molecular flexibility index (Phi) is 6.19. The van der Waals surface area contributed by atoms with Gasteiger partial charge < -0.3 is 19.2 Å². The summed E-state index contributed by atoms with van der Waals surface area (Å²) in [7, 11) is 0. The lowest BCUT2D eigenvalue weighted by atomic mass is 9.95. The minimum Gasteiger partial charge on any atom is -0.503 e. The number of unbranched alkanes of at least 4 members (excludes halogenated alkanes) is 2. The van der Waals surface area contributed by atoms with Gasteiger partial charge in [-0.05, 0) is 43.2 Å². The molecule has 28 heavy (non-hydrogen) atoms. The van der Waals surface area contributed by atoms with Crippen molar-refractivity contribution in [3.8, 4) is 5.75 Å². The van der Waals surface area contributed by atoms with E-state index in [1.54, 1.807) is 23.1 Å². The fourth-order valence-electron chi connectivity index (χ4n) is 3.45. The van der Waals surface area contributed by atoms with Gasteiger partial charge in [-0.3, -0.25) is 9.59 Å². The van der Waals surface area contributed by atoms with Crippen LogP contribution in [0.4, 0.5) is 0 Å². The first kappa shape index (κ1) is 19.7. The van der Waals surface area contributed by atoms with Gasteiger partial charge in [0, 0.05) is 6.54 Å². The minimum absolute atomic E-state index is 0.0561. The molecule has 0 radical (unpaired) electrons. The Labute approximate surface area is 164 Å². The summed E-state index contributed by atoms with van der Waals surface area (Å²) in [5.74, 6) is -0.699. The number of nitrogens with zero attached hydrogens (tertiary/aromatic N) is 1. The molecule has 0 bridgehead atoms. The maximum Gasteiger partial charge on any atom is 0.290 e. The summed E-state index contributed by atoms with van der Waals surface area (Å²) in [5.41, 5.74) is 0.799. The molecule has 0 spiro atoms. The summed E-state index contributed by atoms with van der Waals surface area (Å²) < 4.78 is 10.7. The van der Waals surface area contributed by atoms with Gasteiger partial charge in [0.25, 0.3) is 5.91 Å². The van der Waals surface area contributed by atoms with E-state index in [2.05, 4.69) is 6.92 Å². The Bertz CT molecular complexity index is 852. The zero-order valence-electron chi connectivity index (χ0n) is 16.2. The highest BCUT2D eigenvalue weighted by molar-refractivity contribution is 6.15. The zero-order chi connectivity index (χ0) is 20.1. The van der Waals surface area contributed by atoms with E-state index in [1.165, 1.54) is 12.3 Å².